The highest BCUT2D eigenvalue weighted by Gasteiger charge is 2.26. The molecule has 1 aromatic heterocycles. The van der Waals surface area contributed by atoms with Crippen LogP contribution in [0.25, 0.3) is 17.4 Å². The second-order valence-electron chi connectivity index (χ2n) is 7.43. The van der Waals surface area contributed by atoms with Crippen LogP contribution in [0.3, 0.4) is 0 Å². The topological polar surface area (TPSA) is 121 Å². The van der Waals surface area contributed by atoms with Gasteiger partial charge in [-0.2, -0.15) is 4.99 Å². The SMILES string of the molecule is CN1CCN(CC(=O)N=C2NC(=O)C(=Cc3ccc(-c4ccccc4[N+](=O)[O-])o3)S2)CC1. The molecule has 0 atom stereocenters. The summed E-state index contributed by atoms with van der Waals surface area (Å²) in [4.78, 5) is 43.9. The number of para-hydroxylation sites is 1. The van der Waals surface area contributed by atoms with Crippen LogP contribution >= 0.6 is 11.8 Å². The number of hydrogen-bond donors (Lipinski definition) is 1. The maximum absolute atomic E-state index is 12.3. The third-order valence-electron chi connectivity index (χ3n) is 5.10. The predicted octanol–water partition coefficient (Wildman–Crippen LogP) is 2.19. The molecule has 166 valence electrons. The molecule has 4 rings (SSSR count). The third kappa shape index (κ3) is 5.13. The fraction of sp³-hybridized carbons (Fsp3) is 0.286. The zero-order valence-electron chi connectivity index (χ0n) is 17.3. The molecule has 3 heterocycles. The predicted molar refractivity (Wildman–Crippen MR) is 121 cm³/mol. The van der Waals surface area contributed by atoms with E-state index in [1.807, 2.05) is 11.9 Å². The average molecular weight is 455 g/mol. The number of amidine groups is 1. The number of nitro benzene ring substituents is 1. The van der Waals surface area contributed by atoms with Crippen molar-refractivity contribution in [2.24, 2.45) is 4.99 Å². The first kappa shape index (κ1) is 21.9. The fourth-order valence-corrected chi connectivity index (χ4v) is 4.19. The minimum Gasteiger partial charge on any atom is -0.456 e. The van der Waals surface area contributed by atoms with Crippen molar-refractivity contribution in [3.8, 4) is 11.3 Å². The number of furan rings is 1. The van der Waals surface area contributed by atoms with Crippen molar-refractivity contribution in [2.75, 3.05) is 39.8 Å². The van der Waals surface area contributed by atoms with Crippen LogP contribution in [-0.4, -0.2) is 71.5 Å². The van der Waals surface area contributed by atoms with Gasteiger partial charge in [0.15, 0.2) is 5.17 Å². The maximum Gasteiger partial charge on any atom is 0.280 e. The summed E-state index contributed by atoms with van der Waals surface area (Å²) in [5.41, 5.74) is 0.282. The molecule has 2 aromatic rings. The molecule has 10 nitrogen and oxygen atoms in total. The average Bonchev–Trinajstić information content (AvgIpc) is 3.36. The van der Waals surface area contributed by atoms with Crippen LogP contribution in [0.2, 0.25) is 0 Å². The second-order valence-corrected chi connectivity index (χ2v) is 8.46. The zero-order chi connectivity index (χ0) is 22.7. The van der Waals surface area contributed by atoms with Crippen molar-refractivity contribution in [2.45, 2.75) is 0 Å². The normalized spacial score (nSPS) is 20.1. The van der Waals surface area contributed by atoms with Crippen molar-refractivity contribution in [1.29, 1.82) is 0 Å². The van der Waals surface area contributed by atoms with Crippen LogP contribution in [0.1, 0.15) is 5.76 Å². The molecule has 1 aromatic carbocycles. The van der Waals surface area contributed by atoms with Crippen LogP contribution in [0.15, 0.2) is 50.7 Å². The molecule has 2 fully saturated rings. The van der Waals surface area contributed by atoms with Gasteiger partial charge in [0.25, 0.3) is 17.5 Å². The van der Waals surface area contributed by atoms with Crippen molar-refractivity contribution in [3.63, 3.8) is 0 Å². The molecule has 32 heavy (non-hydrogen) atoms. The Morgan fingerprint density at radius 2 is 2.00 bits per heavy atom. The highest BCUT2D eigenvalue weighted by atomic mass is 32.2. The van der Waals surface area contributed by atoms with Gasteiger partial charge >= 0.3 is 0 Å². The molecular formula is C21H21N5O5S. The van der Waals surface area contributed by atoms with E-state index in [1.165, 1.54) is 12.1 Å². The zero-order valence-corrected chi connectivity index (χ0v) is 18.1. The Kier molecular flexibility index (Phi) is 6.49. The first-order valence-corrected chi connectivity index (χ1v) is 10.8. The van der Waals surface area contributed by atoms with E-state index in [9.17, 15) is 19.7 Å². The van der Waals surface area contributed by atoms with E-state index in [-0.39, 0.29) is 29.2 Å². The lowest BCUT2D eigenvalue weighted by Gasteiger charge is -2.31. The van der Waals surface area contributed by atoms with Crippen LogP contribution < -0.4 is 5.32 Å². The number of aliphatic imine (C=N–C) groups is 1. The summed E-state index contributed by atoms with van der Waals surface area (Å²) in [6, 6.07) is 9.51. The van der Waals surface area contributed by atoms with Gasteiger partial charge in [-0.25, -0.2) is 0 Å². The standard InChI is InChI=1S/C21H21N5O5S/c1-24-8-10-25(11-9-24)13-19(27)22-21-23-20(28)18(32-21)12-14-6-7-17(31-14)15-4-2-3-5-16(15)26(29)30/h2-7,12H,8-11,13H2,1H3,(H,22,23,27,28). The molecule has 0 aliphatic carbocycles. The number of carbonyl (C=O) groups excluding carboxylic acids is 2. The number of amides is 2. The summed E-state index contributed by atoms with van der Waals surface area (Å²) in [7, 11) is 2.04. The van der Waals surface area contributed by atoms with Gasteiger partial charge in [-0.05, 0) is 37.0 Å². The number of carbonyl (C=O) groups is 2. The number of rotatable bonds is 5. The Hall–Kier alpha value is -3.28. The van der Waals surface area contributed by atoms with Crippen molar-refractivity contribution in [3.05, 3.63) is 57.2 Å². The van der Waals surface area contributed by atoms with Gasteiger partial charge < -0.3 is 14.6 Å². The summed E-state index contributed by atoms with van der Waals surface area (Å²) in [6.07, 6.45) is 1.52. The number of hydrogen-bond acceptors (Lipinski definition) is 8. The summed E-state index contributed by atoms with van der Waals surface area (Å²) < 4.78 is 5.70. The van der Waals surface area contributed by atoms with Crippen molar-refractivity contribution in [1.82, 2.24) is 15.1 Å². The minimum atomic E-state index is -0.474. The van der Waals surface area contributed by atoms with Gasteiger partial charge in [-0.1, -0.05) is 12.1 Å². The number of nitro groups is 1. The van der Waals surface area contributed by atoms with E-state index >= 15 is 0 Å². The summed E-state index contributed by atoms with van der Waals surface area (Å²) in [5.74, 6) is -0.00956. The Bertz CT molecular complexity index is 1120. The number of benzene rings is 1. The number of piperazine rings is 1. The lowest BCUT2D eigenvalue weighted by molar-refractivity contribution is -0.384. The molecule has 2 saturated heterocycles. The first-order valence-electron chi connectivity index (χ1n) is 9.96. The van der Waals surface area contributed by atoms with E-state index < -0.39 is 4.92 Å². The lowest BCUT2D eigenvalue weighted by atomic mass is 10.1. The van der Waals surface area contributed by atoms with Gasteiger partial charge in [0.1, 0.15) is 11.5 Å². The molecule has 0 bridgehead atoms. The minimum absolute atomic E-state index is 0.0673. The van der Waals surface area contributed by atoms with Gasteiger partial charge in [0.05, 0.1) is 21.9 Å². The molecule has 11 heteroatoms. The molecule has 0 saturated carbocycles. The summed E-state index contributed by atoms with van der Waals surface area (Å²) >= 11 is 1.05. The second kappa shape index (κ2) is 9.47. The Morgan fingerprint density at radius 3 is 2.75 bits per heavy atom. The van der Waals surface area contributed by atoms with Gasteiger partial charge in [-0.3, -0.25) is 24.6 Å². The smallest absolute Gasteiger partial charge is 0.280 e. The van der Waals surface area contributed by atoms with E-state index in [1.54, 1.807) is 30.3 Å². The molecule has 0 radical (unpaired) electrons. The third-order valence-corrected chi connectivity index (χ3v) is 6.01. The fourth-order valence-electron chi connectivity index (χ4n) is 3.37. The Labute approximate surface area is 188 Å². The van der Waals surface area contributed by atoms with E-state index in [2.05, 4.69) is 15.2 Å². The van der Waals surface area contributed by atoms with E-state index in [0.717, 1.165) is 37.9 Å². The Morgan fingerprint density at radius 1 is 1.25 bits per heavy atom. The van der Waals surface area contributed by atoms with Crippen LogP contribution in [0.4, 0.5) is 5.69 Å². The van der Waals surface area contributed by atoms with E-state index in [4.69, 9.17) is 4.42 Å². The number of nitrogens with zero attached hydrogens (tertiary/aromatic N) is 4. The monoisotopic (exact) mass is 455 g/mol. The molecule has 0 unspecified atom stereocenters. The van der Waals surface area contributed by atoms with Gasteiger partial charge in [0.2, 0.25) is 0 Å². The Balaban J connectivity index is 1.44. The largest absolute Gasteiger partial charge is 0.456 e. The van der Waals surface area contributed by atoms with Crippen molar-refractivity contribution < 1.29 is 18.9 Å². The lowest BCUT2D eigenvalue weighted by Crippen LogP contribution is -2.46. The van der Waals surface area contributed by atoms with Crippen LogP contribution in [0.5, 0.6) is 0 Å². The molecule has 1 N–H and O–H groups in total. The number of thioether (sulfide) groups is 1. The number of nitrogens with one attached hydrogen (secondary N) is 1. The van der Waals surface area contributed by atoms with Gasteiger partial charge in [-0.15, -0.1) is 0 Å². The van der Waals surface area contributed by atoms with Crippen molar-refractivity contribution >= 4 is 40.5 Å². The number of likely N-dealkylation sites (N-methyl/N-ethyl adjacent to an activating group) is 1. The molecule has 2 aliphatic rings. The molecule has 2 aliphatic heterocycles. The summed E-state index contributed by atoms with van der Waals surface area (Å²) in [6.45, 7) is 3.62. The molecule has 0 spiro atoms. The van der Waals surface area contributed by atoms with Gasteiger partial charge in [0, 0.05) is 38.3 Å². The summed E-state index contributed by atoms with van der Waals surface area (Å²) in [5, 5.41) is 14.1. The molecular weight excluding hydrogens is 434 g/mol. The highest BCUT2D eigenvalue weighted by Crippen LogP contribution is 2.32. The first-order chi connectivity index (χ1) is 15.4. The van der Waals surface area contributed by atoms with Crippen LogP contribution in [-0.2, 0) is 9.59 Å². The highest BCUT2D eigenvalue weighted by molar-refractivity contribution is 8.18. The van der Waals surface area contributed by atoms with Crippen LogP contribution in [0, 0.1) is 10.1 Å². The quantitative estimate of drug-likeness (QED) is 0.414. The molecule has 2 amide bonds. The maximum atomic E-state index is 12.3. The van der Waals surface area contributed by atoms with E-state index in [0.29, 0.717) is 22.0 Å².